The number of sulfonamides is 1. The smallest absolute Gasteiger partial charge is 0.214 e. The monoisotopic (exact) mass is 355 g/mol. The van der Waals surface area contributed by atoms with E-state index in [1.54, 1.807) is 23.4 Å². The van der Waals surface area contributed by atoms with Crippen LogP contribution >= 0.6 is 0 Å². The molecule has 0 aliphatic carbocycles. The minimum atomic E-state index is -3.37. The zero-order chi connectivity index (χ0) is 17.9. The van der Waals surface area contributed by atoms with E-state index in [2.05, 4.69) is 11.4 Å². The van der Waals surface area contributed by atoms with Gasteiger partial charge in [0.05, 0.1) is 17.4 Å². The molecule has 1 aliphatic heterocycles. The second-order valence-corrected chi connectivity index (χ2v) is 8.36. The fourth-order valence-corrected chi connectivity index (χ4v) is 4.42. The van der Waals surface area contributed by atoms with E-state index in [0.29, 0.717) is 18.5 Å². The fourth-order valence-electron chi connectivity index (χ4n) is 3.14. The molecule has 1 atom stereocenters. The summed E-state index contributed by atoms with van der Waals surface area (Å²) in [5, 5.41) is 12.5. The van der Waals surface area contributed by atoms with E-state index >= 15 is 0 Å². The SMILES string of the molecule is CCS(=O)(=O)N1Cc2cc(C#N)ccc2NC[C@H]1Cc1ccccc1. The van der Waals surface area contributed by atoms with E-state index in [-0.39, 0.29) is 18.3 Å². The van der Waals surface area contributed by atoms with E-state index in [9.17, 15) is 8.42 Å². The third-order valence-corrected chi connectivity index (χ3v) is 6.40. The molecule has 2 aromatic rings. The molecule has 0 aromatic heterocycles. The van der Waals surface area contributed by atoms with Gasteiger partial charge in [-0.25, -0.2) is 8.42 Å². The normalized spacial score (nSPS) is 17.8. The summed E-state index contributed by atoms with van der Waals surface area (Å²) in [5.41, 5.74) is 3.38. The second kappa shape index (κ2) is 7.26. The van der Waals surface area contributed by atoms with E-state index in [4.69, 9.17) is 5.26 Å². The van der Waals surface area contributed by atoms with Crippen LogP contribution < -0.4 is 5.32 Å². The van der Waals surface area contributed by atoms with Gasteiger partial charge in [0.1, 0.15) is 0 Å². The number of rotatable bonds is 4. The minimum absolute atomic E-state index is 0.0611. The number of anilines is 1. The first kappa shape index (κ1) is 17.5. The van der Waals surface area contributed by atoms with Crippen LogP contribution in [0.1, 0.15) is 23.6 Å². The fraction of sp³-hybridized carbons (Fsp3) is 0.316. The van der Waals surface area contributed by atoms with Crippen molar-refractivity contribution in [1.82, 2.24) is 4.31 Å². The van der Waals surface area contributed by atoms with Gasteiger partial charge in [-0.2, -0.15) is 9.57 Å². The molecule has 25 heavy (non-hydrogen) atoms. The molecule has 3 rings (SSSR count). The Bertz CT molecular complexity index is 889. The highest BCUT2D eigenvalue weighted by molar-refractivity contribution is 7.89. The Morgan fingerprint density at radius 2 is 2.00 bits per heavy atom. The lowest BCUT2D eigenvalue weighted by Crippen LogP contribution is -2.44. The van der Waals surface area contributed by atoms with Crippen LogP contribution in [0.15, 0.2) is 48.5 Å². The maximum absolute atomic E-state index is 12.7. The molecule has 0 fully saturated rings. The Labute approximate surface area is 149 Å². The molecular weight excluding hydrogens is 334 g/mol. The topological polar surface area (TPSA) is 73.2 Å². The van der Waals surface area contributed by atoms with Gasteiger partial charge in [-0.1, -0.05) is 30.3 Å². The first-order valence-electron chi connectivity index (χ1n) is 8.34. The largest absolute Gasteiger partial charge is 0.383 e. The third-order valence-electron chi connectivity index (χ3n) is 4.53. The molecular formula is C19H21N3O2S. The highest BCUT2D eigenvalue weighted by Gasteiger charge is 2.32. The Morgan fingerprint density at radius 3 is 2.68 bits per heavy atom. The molecule has 2 aromatic carbocycles. The minimum Gasteiger partial charge on any atom is -0.383 e. The highest BCUT2D eigenvalue weighted by Crippen LogP contribution is 2.27. The van der Waals surface area contributed by atoms with Gasteiger partial charge < -0.3 is 5.32 Å². The molecule has 0 saturated heterocycles. The summed E-state index contributed by atoms with van der Waals surface area (Å²) in [5.74, 6) is 0.0611. The average molecular weight is 355 g/mol. The van der Waals surface area contributed by atoms with E-state index in [0.717, 1.165) is 16.8 Å². The van der Waals surface area contributed by atoms with Crippen LogP contribution in [0.4, 0.5) is 5.69 Å². The van der Waals surface area contributed by atoms with Crippen molar-refractivity contribution in [2.24, 2.45) is 0 Å². The van der Waals surface area contributed by atoms with Crippen LogP contribution in [-0.4, -0.2) is 31.1 Å². The molecule has 0 radical (unpaired) electrons. The average Bonchev–Trinajstić information content (AvgIpc) is 2.82. The number of fused-ring (bicyclic) bond motifs is 1. The molecule has 1 heterocycles. The molecule has 1 N–H and O–H groups in total. The van der Waals surface area contributed by atoms with Gasteiger partial charge in [-0.05, 0) is 42.7 Å². The van der Waals surface area contributed by atoms with E-state index in [1.165, 1.54) is 0 Å². The van der Waals surface area contributed by atoms with E-state index in [1.807, 2.05) is 36.4 Å². The molecule has 6 heteroatoms. The summed E-state index contributed by atoms with van der Waals surface area (Å²) < 4.78 is 27.0. The first-order chi connectivity index (χ1) is 12.0. The number of nitrogens with zero attached hydrogens (tertiary/aromatic N) is 2. The predicted octanol–water partition coefficient (Wildman–Crippen LogP) is 2.75. The Balaban J connectivity index is 1.97. The van der Waals surface area contributed by atoms with Crippen molar-refractivity contribution in [3.8, 4) is 6.07 Å². The van der Waals surface area contributed by atoms with E-state index < -0.39 is 10.0 Å². The molecule has 0 saturated carbocycles. The van der Waals surface area contributed by atoms with Gasteiger partial charge in [0.15, 0.2) is 0 Å². The Morgan fingerprint density at radius 1 is 1.24 bits per heavy atom. The van der Waals surface area contributed by atoms with Crippen molar-refractivity contribution < 1.29 is 8.42 Å². The van der Waals surface area contributed by atoms with Crippen LogP contribution in [0, 0.1) is 11.3 Å². The van der Waals surface area contributed by atoms with Gasteiger partial charge in [-0.15, -0.1) is 0 Å². The Hall–Kier alpha value is -2.36. The quantitative estimate of drug-likeness (QED) is 0.915. The molecule has 0 unspecified atom stereocenters. The van der Waals surface area contributed by atoms with Crippen molar-refractivity contribution in [3.63, 3.8) is 0 Å². The number of nitrogens with one attached hydrogen (secondary N) is 1. The molecule has 0 spiro atoms. The molecule has 0 bridgehead atoms. The number of hydrogen-bond donors (Lipinski definition) is 1. The molecule has 5 nitrogen and oxygen atoms in total. The maximum atomic E-state index is 12.7. The van der Waals surface area contributed by atoms with Gasteiger partial charge in [-0.3, -0.25) is 0 Å². The lowest BCUT2D eigenvalue weighted by atomic mass is 10.1. The lowest BCUT2D eigenvalue weighted by Gasteiger charge is -2.28. The van der Waals surface area contributed by atoms with Gasteiger partial charge >= 0.3 is 0 Å². The van der Waals surface area contributed by atoms with Crippen LogP contribution in [-0.2, 0) is 23.0 Å². The van der Waals surface area contributed by atoms with Crippen LogP contribution in [0.3, 0.4) is 0 Å². The summed E-state index contributed by atoms with van der Waals surface area (Å²) in [6.45, 7) is 2.48. The van der Waals surface area contributed by atoms with Crippen molar-refractivity contribution in [3.05, 3.63) is 65.2 Å². The van der Waals surface area contributed by atoms with Crippen LogP contribution in [0.5, 0.6) is 0 Å². The maximum Gasteiger partial charge on any atom is 0.214 e. The zero-order valence-corrected chi connectivity index (χ0v) is 15.0. The van der Waals surface area contributed by atoms with Crippen LogP contribution in [0.25, 0.3) is 0 Å². The van der Waals surface area contributed by atoms with Gasteiger partial charge in [0, 0.05) is 24.8 Å². The van der Waals surface area contributed by atoms with Crippen molar-refractivity contribution in [2.45, 2.75) is 25.9 Å². The summed E-state index contributed by atoms with van der Waals surface area (Å²) in [4.78, 5) is 0. The highest BCUT2D eigenvalue weighted by atomic mass is 32.2. The van der Waals surface area contributed by atoms with Crippen molar-refractivity contribution in [1.29, 1.82) is 5.26 Å². The lowest BCUT2D eigenvalue weighted by molar-refractivity contribution is 0.326. The standard InChI is InChI=1S/C19H21N3O2S/c1-2-25(23,24)22-14-17-10-16(12-20)8-9-19(17)21-13-18(22)11-15-6-4-3-5-7-15/h3-10,18,21H,2,11,13-14H2,1H3/t18-/m1/s1. The summed E-state index contributed by atoms with van der Waals surface area (Å²) in [6, 6.07) is 17.2. The molecule has 0 amide bonds. The summed E-state index contributed by atoms with van der Waals surface area (Å²) >= 11 is 0. The third kappa shape index (κ3) is 3.84. The molecule has 1 aliphatic rings. The summed E-state index contributed by atoms with van der Waals surface area (Å²) in [6.07, 6.45) is 0.645. The van der Waals surface area contributed by atoms with Crippen molar-refractivity contribution >= 4 is 15.7 Å². The predicted molar refractivity (Wildman–Crippen MR) is 98.6 cm³/mol. The summed E-state index contributed by atoms with van der Waals surface area (Å²) in [7, 11) is -3.37. The van der Waals surface area contributed by atoms with Gasteiger partial charge in [0.25, 0.3) is 0 Å². The van der Waals surface area contributed by atoms with Gasteiger partial charge in [0.2, 0.25) is 10.0 Å². The Kier molecular flexibility index (Phi) is 5.07. The number of nitriles is 1. The van der Waals surface area contributed by atoms with Crippen LogP contribution in [0.2, 0.25) is 0 Å². The van der Waals surface area contributed by atoms with Crippen molar-refractivity contribution in [2.75, 3.05) is 17.6 Å². The first-order valence-corrected chi connectivity index (χ1v) is 9.94. The molecule has 130 valence electrons. The zero-order valence-electron chi connectivity index (χ0n) is 14.1. The number of hydrogen-bond acceptors (Lipinski definition) is 4. The second-order valence-electron chi connectivity index (χ2n) is 6.15. The number of benzene rings is 2.